The Labute approximate surface area is 181 Å². The van der Waals surface area contributed by atoms with E-state index in [2.05, 4.69) is 14.9 Å². The van der Waals surface area contributed by atoms with Crippen LogP contribution < -0.4 is 15.0 Å². The van der Waals surface area contributed by atoms with Crippen molar-refractivity contribution in [1.29, 1.82) is 0 Å². The van der Waals surface area contributed by atoms with Gasteiger partial charge in [0.1, 0.15) is 10.6 Å². The lowest BCUT2D eigenvalue weighted by molar-refractivity contribution is 0.402. The van der Waals surface area contributed by atoms with Crippen LogP contribution in [-0.2, 0) is 22.9 Å². The minimum Gasteiger partial charge on any atom is -0.495 e. The Bertz CT molecular complexity index is 1250. The number of sulfonamides is 1. The first kappa shape index (κ1) is 21.3. The number of H-pyrrole nitrogens is 1. The summed E-state index contributed by atoms with van der Waals surface area (Å²) < 4.78 is 34.6. The molecule has 1 aliphatic carbocycles. The standard InChI is InChI=1S/C23H25N3O4S/c1-15(16-8-4-3-5-9-16)26-31(28,29)21-14-17(12-13-20(21)30-2)22-18-10-6-7-11-19(18)23(27)25-24-22/h3-5,8-9,12-15,26H,6-7,10-11H2,1-2H3,(H,25,27). The van der Waals surface area contributed by atoms with Crippen LogP contribution in [0.25, 0.3) is 11.3 Å². The van der Waals surface area contributed by atoms with Gasteiger partial charge in [-0.3, -0.25) is 4.79 Å². The molecule has 0 radical (unpaired) electrons. The second kappa shape index (κ2) is 8.64. The third-order valence-corrected chi connectivity index (χ3v) is 7.22. The highest BCUT2D eigenvalue weighted by molar-refractivity contribution is 7.89. The van der Waals surface area contributed by atoms with Crippen LogP contribution in [0.2, 0.25) is 0 Å². The molecule has 2 aromatic carbocycles. The van der Waals surface area contributed by atoms with Gasteiger partial charge in [0.25, 0.3) is 5.56 Å². The van der Waals surface area contributed by atoms with Gasteiger partial charge in [0.15, 0.2) is 0 Å². The van der Waals surface area contributed by atoms with Crippen LogP contribution in [0.4, 0.5) is 0 Å². The van der Waals surface area contributed by atoms with Crippen LogP contribution in [0.15, 0.2) is 58.2 Å². The van der Waals surface area contributed by atoms with Crippen molar-refractivity contribution in [1.82, 2.24) is 14.9 Å². The van der Waals surface area contributed by atoms with Gasteiger partial charge < -0.3 is 4.74 Å². The fraction of sp³-hybridized carbons (Fsp3) is 0.304. The normalized spacial score (nSPS) is 14.6. The fourth-order valence-electron chi connectivity index (χ4n) is 4.04. The third kappa shape index (κ3) is 4.26. The van der Waals surface area contributed by atoms with Gasteiger partial charge in [0, 0.05) is 17.2 Å². The molecule has 0 saturated heterocycles. The van der Waals surface area contributed by atoms with Gasteiger partial charge in [-0.1, -0.05) is 30.3 Å². The van der Waals surface area contributed by atoms with Gasteiger partial charge in [-0.15, -0.1) is 0 Å². The molecular weight excluding hydrogens is 414 g/mol. The Morgan fingerprint density at radius 1 is 1.06 bits per heavy atom. The van der Waals surface area contributed by atoms with E-state index in [0.717, 1.165) is 36.0 Å². The summed E-state index contributed by atoms with van der Waals surface area (Å²) in [4.78, 5) is 12.2. The number of nitrogens with one attached hydrogen (secondary N) is 2. The highest BCUT2D eigenvalue weighted by atomic mass is 32.2. The summed E-state index contributed by atoms with van der Waals surface area (Å²) in [5.74, 6) is 0.245. The number of aromatic nitrogens is 2. The predicted molar refractivity (Wildman–Crippen MR) is 119 cm³/mol. The van der Waals surface area contributed by atoms with Crippen molar-refractivity contribution in [3.05, 3.63) is 75.6 Å². The molecule has 0 amide bonds. The van der Waals surface area contributed by atoms with Crippen molar-refractivity contribution >= 4 is 10.0 Å². The van der Waals surface area contributed by atoms with Gasteiger partial charge in [0.2, 0.25) is 10.0 Å². The summed E-state index contributed by atoms with van der Waals surface area (Å²) in [6.45, 7) is 1.79. The molecule has 8 heteroatoms. The Balaban J connectivity index is 1.76. The summed E-state index contributed by atoms with van der Waals surface area (Å²) in [6.07, 6.45) is 3.39. The van der Waals surface area contributed by atoms with Crippen LogP contribution in [-0.4, -0.2) is 25.7 Å². The quantitative estimate of drug-likeness (QED) is 0.613. The Hall–Kier alpha value is -2.97. The number of methoxy groups -OCH3 is 1. The SMILES string of the molecule is COc1ccc(-c2n[nH]c(=O)c3c2CCCC3)cc1S(=O)(=O)NC(C)c1ccccc1. The van der Waals surface area contributed by atoms with Gasteiger partial charge in [0.05, 0.1) is 12.8 Å². The van der Waals surface area contributed by atoms with Gasteiger partial charge in [-0.05, 0) is 61.9 Å². The molecule has 2 N–H and O–H groups in total. The van der Waals surface area contributed by atoms with Crippen LogP contribution in [0.5, 0.6) is 5.75 Å². The highest BCUT2D eigenvalue weighted by Crippen LogP contribution is 2.33. The first-order valence-corrected chi connectivity index (χ1v) is 11.7. The molecule has 1 unspecified atom stereocenters. The second-order valence-corrected chi connectivity index (χ2v) is 9.37. The van der Waals surface area contributed by atoms with Gasteiger partial charge >= 0.3 is 0 Å². The molecule has 162 valence electrons. The Kier molecular flexibility index (Phi) is 5.93. The van der Waals surface area contributed by atoms with Crippen LogP contribution in [0.3, 0.4) is 0 Å². The summed E-state index contributed by atoms with van der Waals surface area (Å²) in [7, 11) is -2.45. The van der Waals surface area contributed by atoms with Crippen molar-refractivity contribution < 1.29 is 13.2 Å². The minimum absolute atomic E-state index is 0.0350. The molecule has 4 rings (SSSR count). The van der Waals surface area contributed by atoms with Crippen LogP contribution in [0.1, 0.15) is 42.5 Å². The summed E-state index contributed by atoms with van der Waals surface area (Å²) in [5, 5.41) is 6.82. The number of rotatable bonds is 6. The smallest absolute Gasteiger partial charge is 0.267 e. The van der Waals surface area contributed by atoms with E-state index in [1.807, 2.05) is 30.3 Å². The molecule has 1 aliphatic rings. The number of fused-ring (bicyclic) bond motifs is 1. The fourth-order valence-corrected chi connectivity index (χ4v) is 5.46. The zero-order valence-corrected chi connectivity index (χ0v) is 18.3. The lowest BCUT2D eigenvalue weighted by Gasteiger charge is -2.19. The molecule has 0 aliphatic heterocycles. The van der Waals surface area contributed by atoms with Gasteiger partial charge in [-0.25, -0.2) is 18.2 Å². The average molecular weight is 440 g/mol. The topological polar surface area (TPSA) is 101 Å². The molecule has 3 aromatic rings. The molecule has 7 nitrogen and oxygen atoms in total. The molecule has 0 fully saturated rings. The molecule has 0 saturated carbocycles. The maximum atomic E-state index is 13.3. The molecule has 0 spiro atoms. The average Bonchev–Trinajstić information content (AvgIpc) is 2.79. The first-order chi connectivity index (χ1) is 14.9. The second-order valence-electron chi connectivity index (χ2n) is 7.68. The molecule has 1 atom stereocenters. The largest absolute Gasteiger partial charge is 0.495 e. The maximum absolute atomic E-state index is 13.3. The van der Waals surface area contributed by atoms with Crippen molar-refractivity contribution in [2.75, 3.05) is 7.11 Å². The summed E-state index contributed by atoms with van der Waals surface area (Å²) in [6, 6.07) is 13.9. The predicted octanol–water partition coefficient (Wildman–Crippen LogP) is 3.36. The van der Waals surface area contributed by atoms with E-state index in [0.29, 0.717) is 17.7 Å². The van der Waals surface area contributed by atoms with E-state index < -0.39 is 16.1 Å². The monoisotopic (exact) mass is 439 g/mol. The zero-order chi connectivity index (χ0) is 22.0. The summed E-state index contributed by atoms with van der Waals surface area (Å²) in [5.41, 5.74) is 3.57. The molecule has 1 aromatic heterocycles. The van der Waals surface area contributed by atoms with E-state index in [9.17, 15) is 13.2 Å². The van der Waals surface area contributed by atoms with Crippen molar-refractivity contribution in [3.8, 4) is 17.0 Å². The molecular formula is C23H25N3O4S. The number of benzene rings is 2. The number of hydrogen-bond acceptors (Lipinski definition) is 5. The van der Waals surface area contributed by atoms with E-state index >= 15 is 0 Å². The Morgan fingerprint density at radius 2 is 1.77 bits per heavy atom. The molecule has 31 heavy (non-hydrogen) atoms. The van der Waals surface area contributed by atoms with Crippen LogP contribution >= 0.6 is 0 Å². The van der Waals surface area contributed by atoms with Crippen molar-refractivity contribution in [2.24, 2.45) is 0 Å². The number of aromatic amines is 1. The zero-order valence-electron chi connectivity index (χ0n) is 17.5. The van der Waals surface area contributed by atoms with Crippen molar-refractivity contribution in [2.45, 2.75) is 43.5 Å². The molecule has 1 heterocycles. The summed E-state index contributed by atoms with van der Waals surface area (Å²) >= 11 is 0. The van der Waals surface area contributed by atoms with Crippen molar-refractivity contribution in [3.63, 3.8) is 0 Å². The minimum atomic E-state index is -3.89. The van der Waals surface area contributed by atoms with Crippen LogP contribution in [0, 0.1) is 0 Å². The Morgan fingerprint density at radius 3 is 2.48 bits per heavy atom. The lowest BCUT2D eigenvalue weighted by Crippen LogP contribution is -2.27. The lowest BCUT2D eigenvalue weighted by atomic mass is 9.90. The van der Waals surface area contributed by atoms with Gasteiger partial charge in [-0.2, -0.15) is 5.10 Å². The number of nitrogens with zero attached hydrogens (tertiary/aromatic N) is 1. The third-order valence-electron chi connectivity index (χ3n) is 5.66. The van der Waals surface area contributed by atoms with E-state index in [1.54, 1.807) is 25.1 Å². The number of hydrogen-bond donors (Lipinski definition) is 2. The van der Waals surface area contributed by atoms with E-state index in [4.69, 9.17) is 4.74 Å². The molecule has 0 bridgehead atoms. The first-order valence-electron chi connectivity index (χ1n) is 10.3. The van der Waals surface area contributed by atoms with E-state index in [1.165, 1.54) is 7.11 Å². The van der Waals surface area contributed by atoms with E-state index in [-0.39, 0.29) is 16.2 Å². The highest BCUT2D eigenvalue weighted by Gasteiger charge is 2.25. The number of ether oxygens (including phenoxy) is 1. The maximum Gasteiger partial charge on any atom is 0.267 e.